The number of halogens is 1. The second kappa shape index (κ2) is 7.40. The van der Waals surface area contributed by atoms with Crippen molar-refractivity contribution in [1.82, 2.24) is 5.32 Å². The van der Waals surface area contributed by atoms with Crippen molar-refractivity contribution in [2.75, 3.05) is 19.0 Å². The summed E-state index contributed by atoms with van der Waals surface area (Å²) in [5.41, 5.74) is 1.47. The van der Waals surface area contributed by atoms with E-state index in [1.807, 2.05) is 24.3 Å². The summed E-state index contributed by atoms with van der Waals surface area (Å²) in [6, 6.07) is 13.4. The number of carbonyl (C=O) groups is 1. The zero-order chi connectivity index (χ0) is 15.1. The minimum Gasteiger partial charge on any atom is -0.497 e. The van der Waals surface area contributed by atoms with Gasteiger partial charge in [-0.3, -0.25) is 4.79 Å². The van der Waals surface area contributed by atoms with Crippen LogP contribution in [0.4, 0.5) is 10.1 Å². The van der Waals surface area contributed by atoms with Crippen LogP contribution in [0, 0.1) is 5.82 Å². The van der Waals surface area contributed by atoms with Crippen LogP contribution in [-0.4, -0.2) is 19.6 Å². The lowest BCUT2D eigenvalue weighted by Crippen LogP contribution is -2.27. The smallest absolute Gasteiger partial charge is 0.238 e. The molecule has 2 aromatic carbocycles. The third-order valence-corrected chi connectivity index (χ3v) is 2.86. The molecule has 5 heteroatoms. The lowest BCUT2D eigenvalue weighted by atomic mass is 10.2. The summed E-state index contributed by atoms with van der Waals surface area (Å²) in [5.74, 6) is 0.180. The Morgan fingerprint density at radius 2 is 2.00 bits per heavy atom. The number of amides is 1. The SMILES string of the molecule is COc1cccc(CNCC(=O)Nc2cccc(F)c2)c1. The van der Waals surface area contributed by atoms with Crippen LogP contribution in [-0.2, 0) is 11.3 Å². The first-order valence-corrected chi connectivity index (χ1v) is 6.56. The second-order valence-corrected chi connectivity index (χ2v) is 4.51. The molecule has 0 spiro atoms. The Morgan fingerprint density at radius 3 is 2.76 bits per heavy atom. The number of benzene rings is 2. The molecule has 0 aromatic heterocycles. The molecule has 4 nitrogen and oxygen atoms in total. The van der Waals surface area contributed by atoms with Crippen molar-refractivity contribution in [2.45, 2.75) is 6.54 Å². The Hall–Kier alpha value is -2.40. The number of anilines is 1. The first kappa shape index (κ1) is 15.0. The van der Waals surface area contributed by atoms with Crippen LogP contribution in [0.1, 0.15) is 5.56 Å². The predicted octanol–water partition coefficient (Wildman–Crippen LogP) is 2.56. The molecule has 0 unspecified atom stereocenters. The molecule has 0 atom stereocenters. The normalized spacial score (nSPS) is 10.2. The molecule has 0 fully saturated rings. The van der Waals surface area contributed by atoms with Crippen LogP contribution in [0.25, 0.3) is 0 Å². The van der Waals surface area contributed by atoms with E-state index in [0.717, 1.165) is 11.3 Å². The third kappa shape index (κ3) is 4.89. The van der Waals surface area contributed by atoms with Gasteiger partial charge in [-0.2, -0.15) is 0 Å². The van der Waals surface area contributed by atoms with Gasteiger partial charge in [-0.1, -0.05) is 18.2 Å². The third-order valence-electron chi connectivity index (χ3n) is 2.86. The summed E-state index contributed by atoms with van der Waals surface area (Å²) in [5, 5.41) is 5.65. The molecule has 0 aliphatic rings. The number of hydrogen-bond acceptors (Lipinski definition) is 3. The van der Waals surface area contributed by atoms with Crippen LogP contribution in [0.2, 0.25) is 0 Å². The van der Waals surface area contributed by atoms with Crippen molar-refractivity contribution >= 4 is 11.6 Å². The molecule has 0 radical (unpaired) electrons. The monoisotopic (exact) mass is 288 g/mol. The number of rotatable bonds is 6. The number of methoxy groups -OCH3 is 1. The minimum absolute atomic E-state index is 0.147. The quantitative estimate of drug-likeness (QED) is 0.859. The van der Waals surface area contributed by atoms with Crippen LogP contribution in [0.15, 0.2) is 48.5 Å². The Morgan fingerprint density at radius 1 is 1.19 bits per heavy atom. The van der Waals surface area contributed by atoms with Crippen molar-refractivity contribution in [3.05, 3.63) is 59.9 Å². The number of nitrogens with one attached hydrogen (secondary N) is 2. The van der Waals surface area contributed by atoms with Gasteiger partial charge in [0, 0.05) is 12.2 Å². The Labute approximate surface area is 122 Å². The molecule has 0 aliphatic heterocycles. The summed E-state index contributed by atoms with van der Waals surface area (Å²) in [7, 11) is 1.61. The maximum absolute atomic E-state index is 13.0. The minimum atomic E-state index is -0.378. The lowest BCUT2D eigenvalue weighted by Gasteiger charge is -2.08. The Kier molecular flexibility index (Phi) is 5.29. The summed E-state index contributed by atoms with van der Waals surface area (Å²) in [6.07, 6.45) is 0. The fourth-order valence-electron chi connectivity index (χ4n) is 1.87. The molecule has 0 aliphatic carbocycles. The van der Waals surface area contributed by atoms with Gasteiger partial charge in [-0.05, 0) is 35.9 Å². The van der Waals surface area contributed by atoms with Crippen LogP contribution >= 0.6 is 0 Å². The van der Waals surface area contributed by atoms with Gasteiger partial charge in [0.1, 0.15) is 11.6 Å². The van der Waals surface area contributed by atoms with Crippen molar-refractivity contribution in [1.29, 1.82) is 0 Å². The molecular weight excluding hydrogens is 271 g/mol. The molecule has 0 heterocycles. The fourth-order valence-corrected chi connectivity index (χ4v) is 1.87. The van der Waals surface area contributed by atoms with E-state index in [1.54, 1.807) is 19.2 Å². The fraction of sp³-hybridized carbons (Fsp3) is 0.188. The highest BCUT2D eigenvalue weighted by molar-refractivity contribution is 5.92. The van der Waals surface area contributed by atoms with E-state index in [9.17, 15) is 9.18 Å². The molecule has 2 aromatic rings. The van der Waals surface area contributed by atoms with Gasteiger partial charge in [-0.15, -0.1) is 0 Å². The standard InChI is InChI=1S/C16H17FN2O2/c1-21-15-7-2-4-12(8-15)10-18-11-16(20)19-14-6-3-5-13(17)9-14/h2-9,18H,10-11H2,1H3,(H,19,20). The molecule has 2 N–H and O–H groups in total. The van der Waals surface area contributed by atoms with Gasteiger partial charge in [0.25, 0.3) is 0 Å². The largest absolute Gasteiger partial charge is 0.497 e. The molecule has 110 valence electrons. The van der Waals surface area contributed by atoms with E-state index < -0.39 is 0 Å². The molecule has 21 heavy (non-hydrogen) atoms. The number of hydrogen-bond donors (Lipinski definition) is 2. The first-order valence-electron chi connectivity index (χ1n) is 6.56. The topological polar surface area (TPSA) is 50.4 Å². The summed E-state index contributed by atoms with van der Waals surface area (Å²) in [4.78, 5) is 11.7. The van der Waals surface area contributed by atoms with Gasteiger partial charge in [0.05, 0.1) is 13.7 Å². The van der Waals surface area contributed by atoms with Crippen molar-refractivity contribution in [3.63, 3.8) is 0 Å². The van der Waals surface area contributed by atoms with Crippen molar-refractivity contribution in [2.24, 2.45) is 0 Å². The highest BCUT2D eigenvalue weighted by Gasteiger charge is 2.03. The Balaban J connectivity index is 1.79. The Bertz CT molecular complexity index is 617. The average Bonchev–Trinajstić information content (AvgIpc) is 2.47. The maximum Gasteiger partial charge on any atom is 0.238 e. The van der Waals surface area contributed by atoms with Crippen molar-refractivity contribution in [3.8, 4) is 5.75 Å². The molecule has 0 bridgehead atoms. The average molecular weight is 288 g/mol. The molecule has 0 saturated carbocycles. The zero-order valence-electron chi connectivity index (χ0n) is 11.7. The molecule has 0 saturated heterocycles. The van der Waals surface area contributed by atoms with E-state index in [2.05, 4.69) is 10.6 Å². The second-order valence-electron chi connectivity index (χ2n) is 4.51. The van der Waals surface area contributed by atoms with Gasteiger partial charge in [0.15, 0.2) is 0 Å². The van der Waals surface area contributed by atoms with Gasteiger partial charge in [-0.25, -0.2) is 4.39 Å². The van der Waals surface area contributed by atoms with Gasteiger partial charge >= 0.3 is 0 Å². The predicted molar refractivity (Wildman–Crippen MR) is 79.7 cm³/mol. The van der Waals surface area contributed by atoms with Crippen LogP contribution in [0.3, 0.4) is 0 Å². The maximum atomic E-state index is 13.0. The van der Waals surface area contributed by atoms with E-state index in [4.69, 9.17) is 4.74 Å². The van der Waals surface area contributed by atoms with Crippen molar-refractivity contribution < 1.29 is 13.9 Å². The lowest BCUT2D eigenvalue weighted by molar-refractivity contribution is -0.115. The zero-order valence-corrected chi connectivity index (χ0v) is 11.7. The summed E-state index contributed by atoms with van der Waals surface area (Å²) >= 11 is 0. The highest BCUT2D eigenvalue weighted by atomic mass is 19.1. The summed E-state index contributed by atoms with van der Waals surface area (Å²) in [6.45, 7) is 0.696. The highest BCUT2D eigenvalue weighted by Crippen LogP contribution is 2.12. The number of carbonyl (C=O) groups excluding carboxylic acids is 1. The van der Waals surface area contributed by atoms with Gasteiger partial charge < -0.3 is 15.4 Å². The van der Waals surface area contributed by atoms with E-state index in [1.165, 1.54) is 12.1 Å². The molecular formula is C16H17FN2O2. The number of ether oxygens (including phenoxy) is 1. The van der Waals surface area contributed by atoms with E-state index in [0.29, 0.717) is 12.2 Å². The van der Waals surface area contributed by atoms with Gasteiger partial charge in [0.2, 0.25) is 5.91 Å². The molecule has 1 amide bonds. The van der Waals surface area contributed by atoms with Crippen LogP contribution in [0.5, 0.6) is 5.75 Å². The summed E-state index contributed by atoms with van der Waals surface area (Å²) < 4.78 is 18.1. The van der Waals surface area contributed by atoms with E-state index in [-0.39, 0.29) is 18.3 Å². The van der Waals surface area contributed by atoms with Crippen LogP contribution < -0.4 is 15.4 Å². The van der Waals surface area contributed by atoms with E-state index >= 15 is 0 Å². The first-order chi connectivity index (χ1) is 10.2. The molecule has 2 rings (SSSR count).